The molecule has 0 saturated heterocycles. The Morgan fingerprint density at radius 1 is 0.895 bits per heavy atom. The Kier molecular flexibility index (Phi) is 4.28. The first-order chi connectivity index (χ1) is 9.02. The molecule has 0 bridgehead atoms. The van der Waals surface area contributed by atoms with Crippen LogP contribution < -0.4 is 5.32 Å². The first-order valence-corrected chi connectivity index (χ1v) is 6.92. The largest absolute Gasteiger partial charge is 0.316 e. The van der Waals surface area contributed by atoms with Crippen molar-refractivity contribution in [2.24, 2.45) is 0 Å². The lowest BCUT2D eigenvalue weighted by Crippen LogP contribution is -2.06. The molecular formula is C17H20ClN. The van der Waals surface area contributed by atoms with E-state index in [-0.39, 0.29) is 0 Å². The first kappa shape index (κ1) is 14.1. The lowest BCUT2D eigenvalue weighted by Gasteiger charge is -2.14. The second-order valence-electron chi connectivity index (χ2n) is 5.08. The van der Waals surface area contributed by atoms with Crippen molar-refractivity contribution >= 4 is 11.6 Å². The molecule has 0 atom stereocenters. The monoisotopic (exact) mass is 273 g/mol. The maximum atomic E-state index is 6.11. The van der Waals surface area contributed by atoms with Crippen LogP contribution in [0.15, 0.2) is 30.3 Å². The van der Waals surface area contributed by atoms with Gasteiger partial charge in [-0.1, -0.05) is 29.8 Å². The average molecular weight is 274 g/mol. The van der Waals surface area contributed by atoms with Crippen molar-refractivity contribution in [3.05, 3.63) is 57.6 Å². The molecule has 0 unspecified atom stereocenters. The van der Waals surface area contributed by atoms with Crippen LogP contribution in [-0.2, 0) is 6.54 Å². The van der Waals surface area contributed by atoms with E-state index in [0.717, 1.165) is 11.6 Å². The number of hydrogen-bond acceptors (Lipinski definition) is 1. The standard InChI is InChI=1S/C17H20ClN/c1-11-7-13(3)17(8-12(11)2)16-6-5-15(18)9-14(16)10-19-4/h5-9,19H,10H2,1-4H3. The molecular weight excluding hydrogens is 254 g/mol. The van der Waals surface area contributed by atoms with Gasteiger partial charge < -0.3 is 5.32 Å². The minimum absolute atomic E-state index is 0.787. The van der Waals surface area contributed by atoms with Gasteiger partial charge in [-0.15, -0.1) is 0 Å². The van der Waals surface area contributed by atoms with Crippen molar-refractivity contribution in [1.29, 1.82) is 0 Å². The van der Waals surface area contributed by atoms with Crippen LogP contribution in [0.25, 0.3) is 11.1 Å². The Labute approximate surface area is 120 Å². The molecule has 2 heteroatoms. The third-order valence-corrected chi connectivity index (χ3v) is 3.80. The third-order valence-electron chi connectivity index (χ3n) is 3.57. The summed E-state index contributed by atoms with van der Waals surface area (Å²) < 4.78 is 0. The number of nitrogens with one attached hydrogen (secondary N) is 1. The van der Waals surface area contributed by atoms with Gasteiger partial charge in [0.15, 0.2) is 0 Å². The zero-order valence-corrected chi connectivity index (χ0v) is 12.7. The summed E-state index contributed by atoms with van der Waals surface area (Å²) in [5.41, 5.74) is 7.77. The van der Waals surface area contributed by atoms with Crippen LogP contribution in [-0.4, -0.2) is 7.05 Å². The van der Waals surface area contributed by atoms with Crippen LogP contribution in [0, 0.1) is 20.8 Å². The molecule has 19 heavy (non-hydrogen) atoms. The molecule has 100 valence electrons. The van der Waals surface area contributed by atoms with Crippen LogP contribution >= 0.6 is 11.6 Å². The van der Waals surface area contributed by atoms with Crippen LogP contribution in [0.1, 0.15) is 22.3 Å². The smallest absolute Gasteiger partial charge is 0.0409 e. The molecule has 0 aliphatic carbocycles. The van der Waals surface area contributed by atoms with E-state index in [1.165, 1.54) is 33.4 Å². The Morgan fingerprint density at radius 2 is 1.58 bits per heavy atom. The van der Waals surface area contributed by atoms with Gasteiger partial charge in [-0.2, -0.15) is 0 Å². The Bertz CT molecular complexity index is 602. The molecule has 0 aromatic heterocycles. The van der Waals surface area contributed by atoms with Crippen molar-refractivity contribution in [2.75, 3.05) is 7.05 Å². The zero-order valence-electron chi connectivity index (χ0n) is 12.0. The molecule has 0 saturated carbocycles. The molecule has 2 aromatic rings. The van der Waals surface area contributed by atoms with E-state index in [9.17, 15) is 0 Å². The fourth-order valence-corrected chi connectivity index (χ4v) is 2.61. The summed E-state index contributed by atoms with van der Waals surface area (Å²) in [7, 11) is 1.96. The number of rotatable bonds is 3. The average Bonchev–Trinajstić information content (AvgIpc) is 2.35. The fourth-order valence-electron chi connectivity index (χ4n) is 2.41. The van der Waals surface area contributed by atoms with E-state index in [0.29, 0.717) is 0 Å². The highest BCUT2D eigenvalue weighted by Crippen LogP contribution is 2.31. The van der Waals surface area contributed by atoms with Gasteiger partial charge in [0.1, 0.15) is 0 Å². The lowest BCUT2D eigenvalue weighted by atomic mass is 9.92. The Hall–Kier alpha value is -1.31. The summed E-state index contributed by atoms with van der Waals surface area (Å²) >= 11 is 6.11. The van der Waals surface area contributed by atoms with Crippen LogP contribution in [0.2, 0.25) is 5.02 Å². The number of benzene rings is 2. The van der Waals surface area contributed by atoms with E-state index in [1.54, 1.807) is 0 Å². The van der Waals surface area contributed by atoms with Gasteiger partial charge in [-0.05, 0) is 73.3 Å². The predicted octanol–water partition coefficient (Wildman–Crippen LogP) is 4.65. The van der Waals surface area contributed by atoms with Gasteiger partial charge in [0.25, 0.3) is 0 Å². The highest BCUT2D eigenvalue weighted by Gasteiger charge is 2.09. The van der Waals surface area contributed by atoms with E-state index >= 15 is 0 Å². The highest BCUT2D eigenvalue weighted by atomic mass is 35.5. The summed E-state index contributed by atoms with van der Waals surface area (Å²) in [6.07, 6.45) is 0. The van der Waals surface area contributed by atoms with Crippen LogP contribution in [0.3, 0.4) is 0 Å². The van der Waals surface area contributed by atoms with Crippen molar-refractivity contribution in [1.82, 2.24) is 5.32 Å². The third kappa shape index (κ3) is 2.99. The van der Waals surface area contributed by atoms with Crippen LogP contribution in [0.4, 0.5) is 0 Å². The minimum Gasteiger partial charge on any atom is -0.316 e. The first-order valence-electron chi connectivity index (χ1n) is 6.54. The van der Waals surface area contributed by atoms with E-state index in [4.69, 9.17) is 11.6 Å². The summed E-state index contributed by atoms with van der Waals surface area (Å²) in [5, 5.41) is 4.00. The topological polar surface area (TPSA) is 12.0 Å². The molecule has 0 heterocycles. The SMILES string of the molecule is CNCc1cc(Cl)ccc1-c1cc(C)c(C)cc1C. The number of hydrogen-bond donors (Lipinski definition) is 1. The Balaban J connectivity index is 2.61. The summed E-state index contributed by atoms with van der Waals surface area (Å²) in [4.78, 5) is 0. The maximum absolute atomic E-state index is 6.11. The second-order valence-corrected chi connectivity index (χ2v) is 5.52. The summed E-state index contributed by atoms with van der Waals surface area (Å²) in [6.45, 7) is 7.30. The molecule has 0 aliphatic heterocycles. The van der Waals surface area contributed by atoms with Gasteiger partial charge >= 0.3 is 0 Å². The van der Waals surface area contributed by atoms with Crippen molar-refractivity contribution in [3.8, 4) is 11.1 Å². The van der Waals surface area contributed by atoms with Gasteiger partial charge in [0.05, 0.1) is 0 Å². The molecule has 0 fully saturated rings. The highest BCUT2D eigenvalue weighted by molar-refractivity contribution is 6.30. The van der Waals surface area contributed by atoms with E-state index in [2.05, 4.69) is 44.3 Å². The molecule has 0 amide bonds. The van der Waals surface area contributed by atoms with Crippen molar-refractivity contribution in [3.63, 3.8) is 0 Å². The quantitative estimate of drug-likeness (QED) is 0.858. The van der Waals surface area contributed by atoms with Crippen molar-refractivity contribution < 1.29 is 0 Å². The second kappa shape index (κ2) is 5.77. The number of aryl methyl sites for hydroxylation is 3. The van der Waals surface area contributed by atoms with Gasteiger partial charge in [0.2, 0.25) is 0 Å². The molecule has 0 radical (unpaired) electrons. The fraction of sp³-hybridized carbons (Fsp3) is 0.294. The summed E-state index contributed by atoms with van der Waals surface area (Å²) in [5.74, 6) is 0. The minimum atomic E-state index is 0.787. The number of halogens is 1. The molecule has 1 nitrogen and oxygen atoms in total. The van der Waals surface area contributed by atoms with Crippen LogP contribution in [0.5, 0.6) is 0 Å². The molecule has 2 aromatic carbocycles. The lowest BCUT2D eigenvalue weighted by molar-refractivity contribution is 0.819. The van der Waals surface area contributed by atoms with Gasteiger partial charge in [-0.25, -0.2) is 0 Å². The zero-order chi connectivity index (χ0) is 14.0. The van der Waals surface area contributed by atoms with Gasteiger partial charge in [0, 0.05) is 11.6 Å². The molecule has 2 rings (SSSR count). The Morgan fingerprint density at radius 3 is 2.26 bits per heavy atom. The maximum Gasteiger partial charge on any atom is 0.0409 e. The molecule has 1 N–H and O–H groups in total. The normalized spacial score (nSPS) is 10.8. The van der Waals surface area contributed by atoms with E-state index < -0.39 is 0 Å². The molecule has 0 spiro atoms. The van der Waals surface area contributed by atoms with Crippen molar-refractivity contribution in [2.45, 2.75) is 27.3 Å². The summed E-state index contributed by atoms with van der Waals surface area (Å²) in [6, 6.07) is 10.6. The van der Waals surface area contributed by atoms with Gasteiger partial charge in [-0.3, -0.25) is 0 Å². The molecule has 0 aliphatic rings. The predicted molar refractivity (Wildman–Crippen MR) is 83.9 cm³/mol. The van der Waals surface area contributed by atoms with E-state index in [1.807, 2.05) is 19.2 Å².